The number of amides is 1. The molecule has 0 unspecified atom stereocenters. The second-order valence-corrected chi connectivity index (χ2v) is 11.4. The average molecular weight is 517 g/mol. The Bertz CT molecular complexity index is 866. The molecular formula is C29H46N3O5+. The zero-order valence-electron chi connectivity index (χ0n) is 22.2. The Balaban J connectivity index is 1.34. The molecule has 37 heavy (non-hydrogen) atoms. The number of quaternary nitrogens is 1. The first-order valence-electron chi connectivity index (χ1n) is 14.1. The number of unbranched alkanes of at least 4 members (excludes halogenated alkanes) is 4. The van der Waals surface area contributed by atoms with E-state index in [4.69, 9.17) is 5.73 Å². The number of nitrogens with two attached hydrogens (primary N) is 1. The lowest BCUT2D eigenvalue weighted by Crippen LogP contribution is -2.62. The number of hydrogen-bond acceptors (Lipinski definition) is 4. The van der Waals surface area contributed by atoms with Crippen LogP contribution in [0.5, 0.6) is 0 Å². The summed E-state index contributed by atoms with van der Waals surface area (Å²) in [5.41, 5.74) is 6.54. The largest absolute Gasteiger partial charge is 0.481 e. The number of benzene rings is 1. The summed E-state index contributed by atoms with van der Waals surface area (Å²) in [6, 6.07) is 9.27. The van der Waals surface area contributed by atoms with Gasteiger partial charge in [0.05, 0.1) is 38.0 Å². The fraction of sp³-hybridized carbons (Fsp3) is 0.690. The van der Waals surface area contributed by atoms with Gasteiger partial charge in [-0.25, -0.2) is 0 Å². The maximum absolute atomic E-state index is 12.2. The molecule has 0 radical (unpaired) electrons. The smallest absolute Gasteiger partial charge is 0.307 e. The van der Waals surface area contributed by atoms with Gasteiger partial charge in [-0.05, 0) is 36.7 Å². The normalized spacial score (nSPS) is 24.4. The molecule has 3 heterocycles. The Hall–Kier alpha value is -2.45. The van der Waals surface area contributed by atoms with E-state index >= 15 is 0 Å². The zero-order valence-corrected chi connectivity index (χ0v) is 22.2. The maximum Gasteiger partial charge on any atom is 0.307 e. The fourth-order valence-corrected chi connectivity index (χ4v) is 6.46. The van der Waals surface area contributed by atoms with Crippen LogP contribution in [0.3, 0.4) is 0 Å². The SMILES string of the molecule is NCCNC(=O)CC12CC[N+](CCCCCCC[C@H](C(=O)O)[C@H](Cc3ccccc3)C(=O)O)(CC1)CC2. The molecule has 8 nitrogen and oxygen atoms in total. The maximum atomic E-state index is 12.2. The first kappa shape index (κ1) is 29.1. The molecule has 0 aliphatic carbocycles. The van der Waals surface area contributed by atoms with Gasteiger partial charge in [-0.3, -0.25) is 14.4 Å². The molecule has 3 aliphatic heterocycles. The highest BCUT2D eigenvalue weighted by Crippen LogP contribution is 2.46. The summed E-state index contributed by atoms with van der Waals surface area (Å²) in [5, 5.41) is 22.4. The number of carbonyl (C=O) groups excluding carboxylic acids is 1. The fourth-order valence-electron chi connectivity index (χ4n) is 6.46. The third-order valence-corrected chi connectivity index (χ3v) is 8.92. The van der Waals surface area contributed by atoms with Crippen molar-refractivity contribution in [2.24, 2.45) is 23.0 Å². The van der Waals surface area contributed by atoms with E-state index in [1.54, 1.807) is 0 Å². The molecule has 8 heteroatoms. The first-order chi connectivity index (χ1) is 17.8. The second-order valence-electron chi connectivity index (χ2n) is 11.4. The van der Waals surface area contributed by atoms with Crippen LogP contribution in [0.2, 0.25) is 0 Å². The van der Waals surface area contributed by atoms with Gasteiger partial charge in [-0.15, -0.1) is 0 Å². The summed E-state index contributed by atoms with van der Waals surface area (Å²) in [4.78, 5) is 36.0. The highest BCUT2D eigenvalue weighted by molar-refractivity contribution is 5.80. The summed E-state index contributed by atoms with van der Waals surface area (Å²) in [6.45, 7) is 5.73. The van der Waals surface area contributed by atoms with E-state index in [1.165, 1.54) is 30.7 Å². The first-order valence-corrected chi connectivity index (χ1v) is 14.1. The summed E-state index contributed by atoms with van der Waals surface area (Å²) in [7, 11) is 0. The van der Waals surface area contributed by atoms with E-state index in [-0.39, 0.29) is 17.7 Å². The molecule has 3 aliphatic rings. The van der Waals surface area contributed by atoms with Gasteiger partial charge in [0, 0.05) is 38.8 Å². The van der Waals surface area contributed by atoms with Gasteiger partial charge < -0.3 is 25.7 Å². The van der Waals surface area contributed by atoms with E-state index in [2.05, 4.69) is 5.32 Å². The molecule has 2 atom stereocenters. The van der Waals surface area contributed by atoms with Crippen LogP contribution >= 0.6 is 0 Å². The zero-order chi connectivity index (χ0) is 26.7. The predicted octanol–water partition coefficient (Wildman–Crippen LogP) is 3.44. The molecule has 1 aromatic carbocycles. The van der Waals surface area contributed by atoms with Crippen LogP contribution in [0.1, 0.15) is 69.8 Å². The van der Waals surface area contributed by atoms with Crippen LogP contribution in [-0.2, 0) is 20.8 Å². The predicted molar refractivity (Wildman–Crippen MR) is 143 cm³/mol. The summed E-state index contributed by atoms with van der Waals surface area (Å²) >= 11 is 0. The third kappa shape index (κ3) is 8.54. The standard InChI is InChI=1S/C29H45N3O5/c30-15-16-31-26(33)22-29-12-18-32(19-13-29,20-14-29)17-8-3-1-2-7-11-24(27(34)35)25(28(36)37)21-23-9-5-4-6-10-23/h4-6,9-10,24-25H,1-3,7-8,11-22,30H2,(H2-,31,33,34,35,36,37)/p+1/t24-,25-,29?,32?/m0/s1. The van der Waals surface area contributed by atoms with Crippen LogP contribution < -0.4 is 11.1 Å². The van der Waals surface area contributed by atoms with Crippen LogP contribution in [0, 0.1) is 17.3 Å². The summed E-state index contributed by atoms with van der Waals surface area (Å²) in [5.74, 6) is -3.67. The molecule has 0 aromatic heterocycles. The van der Waals surface area contributed by atoms with Crippen LogP contribution in [0.25, 0.3) is 0 Å². The molecule has 3 saturated heterocycles. The van der Waals surface area contributed by atoms with Crippen molar-refractivity contribution in [3.05, 3.63) is 35.9 Å². The number of nitrogens with zero attached hydrogens (tertiary/aromatic N) is 1. The molecule has 5 N–H and O–H groups in total. The number of piperidine rings is 3. The number of rotatable bonds is 17. The van der Waals surface area contributed by atoms with Crippen molar-refractivity contribution in [1.29, 1.82) is 0 Å². The lowest BCUT2D eigenvalue weighted by Gasteiger charge is -2.54. The minimum absolute atomic E-state index is 0.146. The lowest BCUT2D eigenvalue weighted by molar-refractivity contribution is -0.945. The average Bonchev–Trinajstić information content (AvgIpc) is 2.89. The molecule has 206 valence electrons. The quantitative estimate of drug-likeness (QED) is 0.185. The summed E-state index contributed by atoms with van der Waals surface area (Å²) in [6.07, 6.45) is 9.69. The van der Waals surface area contributed by atoms with Crippen molar-refractivity contribution in [3.63, 3.8) is 0 Å². The summed E-state index contributed by atoms with van der Waals surface area (Å²) < 4.78 is 1.19. The topological polar surface area (TPSA) is 130 Å². The molecule has 3 fully saturated rings. The van der Waals surface area contributed by atoms with E-state index < -0.39 is 23.8 Å². The monoisotopic (exact) mass is 516 g/mol. The van der Waals surface area contributed by atoms with Crippen LogP contribution in [-0.4, -0.2) is 71.8 Å². The van der Waals surface area contributed by atoms with Crippen molar-refractivity contribution >= 4 is 17.8 Å². The molecule has 0 spiro atoms. The Kier molecular flexibility index (Phi) is 10.9. The van der Waals surface area contributed by atoms with E-state index in [0.29, 0.717) is 25.9 Å². The van der Waals surface area contributed by atoms with Gasteiger partial charge in [0.15, 0.2) is 0 Å². The molecular weight excluding hydrogens is 470 g/mol. The van der Waals surface area contributed by atoms with Gasteiger partial charge >= 0.3 is 11.9 Å². The number of aliphatic carboxylic acids is 2. The van der Waals surface area contributed by atoms with Gasteiger partial charge in [-0.2, -0.15) is 0 Å². The Labute approximate surface area is 221 Å². The third-order valence-electron chi connectivity index (χ3n) is 8.92. The minimum Gasteiger partial charge on any atom is -0.481 e. The molecule has 1 aromatic rings. The van der Waals surface area contributed by atoms with Crippen molar-refractivity contribution in [1.82, 2.24) is 5.32 Å². The number of carbonyl (C=O) groups is 3. The van der Waals surface area contributed by atoms with Crippen molar-refractivity contribution in [2.45, 2.75) is 70.6 Å². The van der Waals surface area contributed by atoms with E-state index in [9.17, 15) is 24.6 Å². The van der Waals surface area contributed by atoms with E-state index in [0.717, 1.165) is 56.9 Å². The lowest BCUT2D eigenvalue weighted by atomic mass is 9.68. The number of fused-ring (bicyclic) bond motifs is 3. The highest BCUT2D eigenvalue weighted by atomic mass is 16.4. The van der Waals surface area contributed by atoms with Crippen LogP contribution in [0.15, 0.2) is 30.3 Å². The highest BCUT2D eigenvalue weighted by Gasteiger charge is 2.49. The molecule has 2 bridgehead atoms. The number of hydrogen-bond donors (Lipinski definition) is 4. The van der Waals surface area contributed by atoms with Crippen LogP contribution in [0.4, 0.5) is 0 Å². The second kappa shape index (κ2) is 13.9. The van der Waals surface area contributed by atoms with Gasteiger partial charge in [0.25, 0.3) is 0 Å². The van der Waals surface area contributed by atoms with Crippen molar-refractivity contribution in [2.75, 3.05) is 39.3 Å². The van der Waals surface area contributed by atoms with E-state index in [1.807, 2.05) is 30.3 Å². The molecule has 4 rings (SSSR count). The van der Waals surface area contributed by atoms with Crippen molar-refractivity contribution < 1.29 is 29.1 Å². The van der Waals surface area contributed by atoms with Crippen molar-refractivity contribution in [3.8, 4) is 0 Å². The minimum atomic E-state index is -1.03. The number of carboxylic acids is 2. The molecule has 0 saturated carbocycles. The molecule has 1 amide bonds. The Morgan fingerprint density at radius 1 is 0.892 bits per heavy atom. The number of nitrogens with one attached hydrogen (secondary N) is 1. The Morgan fingerprint density at radius 2 is 1.49 bits per heavy atom. The van der Waals surface area contributed by atoms with Gasteiger partial charge in [-0.1, -0.05) is 49.6 Å². The van der Waals surface area contributed by atoms with Gasteiger partial charge in [0.2, 0.25) is 5.91 Å². The Morgan fingerprint density at radius 3 is 2.08 bits per heavy atom. The number of carboxylic acid groups (broad SMARTS) is 2. The van der Waals surface area contributed by atoms with Gasteiger partial charge in [0.1, 0.15) is 0 Å².